The first-order valence-corrected chi connectivity index (χ1v) is 27.8. The molecule has 23 nitrogen and oxygen atoms in total. The van der Waals surface area contributed by atoms with Crippen LogP contribution in [0.15, 0.2) is 11.6 Å². The number of allylic oxidation sites excluding steroid dienone is 2. The van der Waals surface area contributed by atoms with Crippen LogP contribution in [0.2, 0.25) is 0 Å². The molecule has 14 N–H and O–H groups in total. The molecule has 4 saturated carbocycles. The first-order chi connectivity index (χ1) is 36.1. The lowest BCUT2D eigenvalue weighted by atomic mass is 9.33. The van der Waals surface area contributed by atoms with Crippen molar-refractivity contribution in [3.05, 3.63) is 11.6 Å². The zero-order chi connectivity index (χ0) is 56.3. The Morgan fingerprint density at radius 1 is 0.519 bits per heavy atom. The second-order valence-electron chi connectivity index (χ2n) is 26.3. The van der Waals surface area contributed by atoms with Gasteiger partial charge >= 0.3 is 5.97 Å². The average Bonchev–Trinajstić information content (AvgIpc) is 3.55. The van der Waals surface area contributed by atoms with Crippen molar-refractivity contribution >= 4 is 5.97 Å². The summed E-state index contributed by atoms with van der Waals surface area (Å²) in [5.74, 6) is -0.507. The summed E-state index contributed by atoms with van der Waals surface area (Å²) in [6.07, 6.45) is -25.0. The highest BCUT2D eigenvalue weighted by atomic mass is 16.8. The summed E-state index contributed by atoms with van der Waals surface area (Å²) in [6, 6.07) is 0. The predicted molar refractivity (Wildman–Crippen MR) is 263 cm³/mol. The van der Waals surface area contributed by atoms with Crippen LogP contribution in [-0.4, -0.2) is 233 Å². The normalized spacial score (nSPS) is 53.4. The summed E-state index contributed by atoms with van der Waals surface area (Å²) in [5.41, 5.74) is -1.27. The number of ether oxygens (including phenoxy) is 8. The molecule has 0 radical (unpaired) electrons. The van der Waals surface area contributed by atoms with E-state index in [1.54, 1.807) is 0 Å². The SMILES string of the molecule is CC1(C)CCC2(C(=O)OC3OC(CO)C(O)C(O)C3O)CCC3(C)C(=CCC4C5(C)CCC(OC6OC(CO)C(O)C(OC7OC(CO)C(O)C(O)C7O)C6OC6OC(CO)C(O)C(O)C6O)C(C)(C)C5CCC43C)C2C1. The molecule has 0 aromatic carbocycles. The van der Waals surface area contributed by atoms with E-state index in [2.05, 4.69) is 54.5 Å². The van der Waals surface area contributed by atoms with Gasteiger partial charge in [0.05, 0.1) is 37.9 Å². The minimum Gasteiger partial charge on any atom is -0.432 e. The van der Waals surface area contributed by atoms with E-state index in [-0.39, 0.29) is 39.4 Å². The third kappa shape index (κ3) is 9.80. The monoisotopic (exact) mass is 1100 g/mol. The number of rotatable bonds is 12. The van der Waals surface area contributed by atoms with Crippen LogP contribution in [0.25, 0.3) is 0 Å². The molecule has 77 heavy (non-hydrogen) atoms. The molecular formula is C54H88O23. The second kappa shape index (κ2) is 21.8. The quantitative estimate of drug-likeness (QED) is 0.0569. The summed E-state index contributed by atoms with van der Waals surface area (Å²) in [4.78, 5) is 14.8. The van der Waals surface area contributed by atoms with E-state index in [0.29, 0.717) is 32.1 Å². The van der Waals surface area contributed by atoms with Gasteiger partial charge in [0.2, 0.25) is 6.29 Å². The topological polar surface area (TPSA) is 374 Å². The predicted octanol–water partition coefficient (Wildman–Crippen LogP) is -2.04. The van der Waals surface area contributed by atoms with Crippen LogP contribution in [0.5, 0.6) is 0 Å². The second-order valence-corrected chi connectivity index (χ2v) is 26.3. The number of hydrogen-bond donors (Lipinski definition) is 14. The lowest BCUT2D eigenvalue weighted by Gasteiger charge is -2.71. The van der Waals surface area contributed by atoms with Gasteiger partial charge in [-0.15, -0.1) is 0 Å². The van der Waals surface area contributed by atoms with Crippen LogP contribution in [0.4, 0.5) is 0 Å². The highest BCUT2D eigenvalue weighted by Gasteiger charge is 2.70. The molecule has 8 fully saturated rings. The smallest absolute Gasteiger partial charge is 0.315 e. The minimum absolute atomic E-state index is 0.0454. The van der Waals surface area contributed by atoms with Crippen LogP contribution in [0.3, 0.4) is 0 Å². The van der Waals surface area contributed by atoms with Gasteiger partial charge in [-0.1, -0.05) is 60.1 Å². The van der Waals surface area contributed by atoms with Gasteiger partial charge in [0.15, 0.2) is 18.9 Å². The molecule has 4 saturated heterocycles. The number of hydrogen-bond acceptors (Lipinski definition) is 23. The van der Waals surface area contributed by atoms with E-state index < -0.39 is 172 Å². The number of aliphatic hydroxyl groups excluding tert-OH is 14. The number of aliphatic hydroxyl groups is 14. The molecule has 442 valence electrons. The fourth-order valence-electron chi connectivity index (χ4n) is 16.5. The largest absolute Gasteiger partial charge is 0.432 e. The molecule has 4 heterocycles. The Morgan fingerprint density at radius 3 is 1.55 bits per heavy atom. The van der Waals surface area contributed by atoms with Gasteiger partial charge in [0.25, 0.3) is 0 Å². The van der Waals surface area contributed by atoms with E-state index in [1.165, 1.54) is 5.57 Å². The number of esters is 1. The van der Waals surface area contributed by atoms with Gasteiger partial charge in [0, 0.05) is 0 Å². The van der Waals surface area contributed by atoms with E-state index in [0.717, 1.165) is 32.1 Å². The summed E-state index contributed by atoms with van der Waals surface area (Å²) in [7, 11) is 0. The van der Waals surface area contributed by atoms with E-state index in [4.69, 9.17) is 37.9 Å². The lowest BCUT2D eigenvalue weighted by molar-refractivity contribution is -0.399. The van der Waals surface area contributed by atoms with Crippen molar-refractivity contribution in [1.29, 1.82) is 0 Å². The molecule has 0 aromatic heterocycles. The Hall–Kier alpha value is -1.63. The molecule has 5 aliphatic carbocycles. The van der Waals surface area contributed by atoms with Crippen LogP contribution < -0.4 is 0 Å². The Kier molecular flexibility index (Phi) is 17.0. The molecule has 4 aliphatic heterocycles. The third-order valence-corrected chi connectivity index (χ3v) is 21.4. The van der Waals surface area contributed by atoms with Crippen LogP contribution in [-0.2, 0) is 42.7 Å². The maximum atomic E-state index is 14.8. The molecule has 0 bridgehead atoms. The van der Waals surface area contributed by atoms with Crippen molar-refractivity contribution < 1.29 is 114 Å². The Balaban J connectivity index is 0.995. The molecule has 9 aliphatic rings. The maximum Gasteiger partial charge on any atom is 0.315 e. The van der Waals surface area contributed by atoms with Gasteiger partial charge in [-0.2, -0.15) is 0 Å². The Morgan fingerprint density at radius 2 is 1.00 bits per heavy atom. The lowest BCUT2D eigenvalue weighted by Crippen LogP contribution is -2.68. The standard InChI is InChI=1S/C54H88O23/c1-49(2)14-16-54(48(69)77-46-41(68)38(65)34(61)27(21-57)72-46)17-15-52(6)23(24(54)18-49)8-9-30-51(5)12-11-31(50(3,4)29(51)10-13-53(30,52)7)74-47-43(76-45-40(67)37(64)33(60)26(20-56)71-45)42(35(62)28(22-58)73-47)75-44-39(66)36(63)32(59)25(19-55)70-44/h8,24-47,55-68H,9-22H2,1-7H3. The van der Waals surface area contributed by atoms with Gasteiger partial charge in [-0.3, -0.25) is 4.79 Å². The molecule has 0 spiro atoms. The zero-order valence-electron chi connectivity index (χ0n) is 45.3. The van der Waals surface area contributed by atoms with Crippen LogP contribution in [0.1, 0.15) is 113 Å². The molecule has 0 aromatic rings. The minimum atomic E-state index is -1.94. The number of fused-ring (bicyclic) bond motifs is 7. The van der Waals surface area contributed by atoms with Gasteiger partial charge in [0.1, 0.15) is 97.7 Å². The van der Waals surface area contributed by atoms with Gasteiger partial charge < -0.3 is 109 Å². The van der Waals surface area contributed by atoms with Crippen molar-refractivity contribution in [2.75, 3.05) is 26.4 Å². The molecular weight excluding hydrogens is 1020 g/mol. The highest BCUT2D eigenvalue weighted by Crippen LogP contribution is 2.76. The number of carbonyl (C=O) groups excluding carboxylic acids is 1. The first kappa shape index (κ1) is 60.0. The van der Waals surface area contributed by atoms with Crippen molar-refractivity contribution in [3.63, 3.8) is 0 Å². The fraction of sp³-hybridized carbons (Fsp3) is 0.944. The van der Waals surface area contributed by atoms with E-state index in [1.807, 2.05) is 0 Å². The highest BCUT2D eigenvalue weighted by molar-refractivity contribution is 5.79. The third-order valence-electron chi connectivity index (χ3n) is 21.4. The fourth-order valence-corrected chi connectivity index (χ4v) is 16.5. The molecule has 0 amide bonds. The first-order valence-electron chi connectivity index (χ1n) is 27.8. The van der Waals surface area contributed by atoms with Crippen LogP contribution >= 0.6 is 0 Å². The zero-order valence-corrected chi connectivity index (χ0v) is 45.3. The van der Waals surface area contributed by atoms with E-state index >= 15 is 0 Å². The van der Waals surface area contributed by atoms with Crippen LogP contribution in [0, 0.1) is 50.2 Å². The molecule has 28 unspecified atom stereocenters. The summed E-state index contributed by atoms with van der Waals surface area (Å²) < 4.78 is 48.9. The maximum absolute atomic E-state index is 14.8. The van der Waals surface area contributed by atoms with Gasteiger partial charge in [-0.25, -0.2) is 0 Å². The van der Waals surface area contributed by atoms with E-state index in [9.17, 15) is 76.3 Å². The Bertz CT molecular complexity index is 2110. The van der Waals surface area contributed by atoms with Crippen molar-refractivity contribution in [1.82, 2.24) is 0 Å². The molecule has 23 heteroatoms. The van der Waals surface area contributed by atoms with Crippen molar-refractivity contribution in [3.8, 4) is 0 Å². The van der Waals surface area contributed by atoms with Crippen molar-refractivity contribution in [2.24, 2.45) is 50.2 Å². The molecule has 28 atom stereocenters. The average molecular weight is 1110 g/mol. The summed E-state index contributed by atoms with van der Waals surface area (Å²) in [6.45, 7) is 12.8. The number of carbonyl (C=O) groups is 1. The summed E-state index contributed by atoms with van der Waals surface area (Å²) in [5, 5.41) is 149. The van der Waals surface area contributed by atoms with Gasteiger partial charge in [-0.05, 0) is 109 Å². The Labute approximate surface area is 449 Å². The molecule has 9 rings (SSSR count). The summed E-state index contributed by atoms with van der Waals surface area (Å²) >= 11 is 0. The van der Waals surface area contributed by atoms with Crippen molar-refractivity contribution in [2.45, 2.75) is 242 Å².